The van der Waals surface area contributed by atoms with Crippen LogP contribution in [-0.4, -0.2) is 36.7 Å². The Morgan fingerprint density at radius 1 is 1.39 bits per heavy atom. The highest BCUT2D eigenvalue weighted by Crippen LogP contribution is 2.32. The van der Waals surface area contributed by atoms with Crippen LogP contribution in [0.2, 0.25) is 5.02 Å². The van der Waals surface area contributed by atoms with Gasteiger partial charge in [0, 0.05) is 19.6 Å². The summed E-state index contributed by atoms with van der Waals surface area (Å²) in [6.45, 7) is 2.76. The Labute approximate surface area is 140 Å². The topological polar surface area (TPSA) is 76.3 Å². The van der Waals surface area contributed by atoms with Crippen molar-refractivity contribution in [1.82, 2.24) is 9.97 Å². The molecule has 1 aliphatic heterocycles. The van der Waals surface area contributed by atoms with Crippen molar-refractivity contribution in [1.29, 1.82) is 0 Å². The van der Waals surface area contributed by atoms with Crippen LogP contribution in [0.25, 0.3) is 0 Å². The van der Waals surface area contributed by atoms with Crippen LogP contribution in [0.15, 0.2) is 30.6 Å². The van der Waals surface area contributed by atoms with Crippen molar-refractivity contribution in [3.63, 3.8) is 0 Å². The third-order valence-corrected chi connectivity index (χ3v) is 4.46. The minimum absolute atomic E-state index is 0.297. The summed E-state index contributed by atoms with van der Waals surface area (Å²) in [6.07, 6.45) is 2.52. The lowest BCUT2D eigenvalue weighted by molar-refractivity contribution is 0.414. The van der Waals surface area contributed by atoms with Gasteiger partial charge < -0.3 is 20.7 Å². The summed E-state index contributed by atoms with van der Waals surface area (Å²) in [7, 11) is 1.70. The summed E-state index contributed by atoms with van der Waals surface area (Å²) < 4.78 is 5.45. The Bertz CT molecular complexity index is 681. The fourth-order valence-corrected chi connectivity index (χ4v) is 3.02. The molecule has 0 bridgehead atoms. The molecule has 6 nitrogen and oxygen atoms in total. The van der Waals surface area contributed by atoms with Crippen molar-refractivity contribution < 1.29 is 4.74 Å². The standard InChI is InChI=1S/C16H20ClN5O/c1-23-13-5-3-2-4-12(13)22-7-6-11(9-22)8-19-16-14(17)15(18)20-10-21-16/h2-5,10-11H,6-9H2,1H3,(H3,18,19,20,21)/t11-/m1/s1. The van der Waals surface area contributed by atoms with Crippen LogP contribution in [-0.2, 0) is 0 Å². The third-order valence-electron chi connectivity index (χ3n) is 4.09. The number of methoxy groups -OCH3 is 1. The van der Waals surface area contributed by atoms with Crippen LogP contribution >= 0.6 is 11.6 Å². The molecule has 1 atom stereocenters. The van der Waals surface area contributed by atoms with Gasteiger partial charge in [-0.15, -0.1) is 0 Å². The monoisotopic (exact) mass is 333 g/mol. The number of hydrogen-bond donors (Lipinski definition) is 2. The zero-order chi connectivity index (χ0) is 16.2. The average Bonchev–Trinajstić information content (AvgIpc) is 3.05. The van der Waals surface area contributed by atoms with Crippen LogP contribution in [0.5, 0.6) is 5.75 Å². The zero-order valence-corrected chi connectivity index (χ0v) is 13.8. The number of hydrogen-bond acceptors (Lipinski definition) is 6. The van der Waals surface area contributed by atoms with Crippen molar-refractivity contribution in [3.8, 4) is 5.75 Å². The highest BCUT2D eigenvalue weighted by molar-refractivity contribution is 6.35. The van der Waals surface area contributed by atoms with Gasteiger partial charge in [0.15, 0.2) is 0 Å². The summed E-state index contributed by atoms with van der Waals surface area (Å²) in [6, 6.07) is 8.10. The Kier molecular flexibility index (Phi) is 4.71. The lowest BCUT2D eigenvalue weighted by atomic mass is 10.1. The molecule has 3 rings (SSSR count). The molecule has 0 spiro atoms. The number of nitrogens with zero attached hydrogens (tertiary/aromatic N) is 3. The molecule has 0 saturated carbocycles. The molecule has 0 amide bonds. The first kappa shape index (κ1) is 15.7. The Morgan fingerprint density at radius 3 is 3.04 bits per heavy atom. The van der Waals surface area contributed by atoms with E-state index in [4.69, 9.17) is 22.1 Å². The normalized spacial score (nSPS) is 17.3. The van der Waals surface area contributed by atoms with Gasteiger partial charge in [0.2, 0.25) is 0 Å². The average molecular weight is 334 g/mol. The summed E-state index contributed by atoms with van der Waals surface area (Å²) >= 11 is 6.10. The molecule has 0 aliphatic carbocycles. The van der Waals surface area contributed by atoms with E-state index in [2.05, 4.69) is 26.3 Å². The molecule has 0 unspecified atom stereocenters. The minimum Gasteiger partial charge on any atom is -0.495 e. The van der Waals surface area contributed by atoms with Gasteiger partial charge in [-0.3, -0.25) is 0 Å². The maximum Gasteiger partial charge on any atom is 0.150 e. The highest BCUT2D eigenvalue weighted by Gasteiger charge is 2.24. The second kappa shape index (κ2) is 6.91. The van der Waals surface area contributed by atoms with E-state index in [1.165, 1.54) is 6.33 Å². The lowest BCUT2D eigenvalue weighted by Crippen LogP contribution is -2.23. The van der Waals surface area contributed by atoms with E-state index < -0.39 is 0 Å². The van der Waals surface area contributed by atoms with Crippen molar-refractivity contribution in [2.45, 2.75) is 6.42 Å². The van der Waals surface area contributed by atoms with E-state index in [1.807, 2.05) is 18.2 Å². The van der Waals surface area contributed by atoms with E-state index >= 15 is 0 Å². The van der Waals surface area contributed by atoms with Gasteiger partial charge in [-0.2, -0.15) is 0 Å². The van der Waals surface area contributed by atoms with E-state index in [0.717, 1.165) is 37.5 Å². The number of benzene rings is 1. The predicted octanol–water partition coefficient (Wildman–Crippen LogP) is 2.66. The molecule has 1 aromatic heterocycles. The molecule has 1 fully saturated rings. The quantitative estimate of drug-likeness (QED) is 0.876. The molecule has 1 saturated heterocycles. The summed E-state index contributed by atoms with van der Waals surface area (Å²) in [5, 5.41) is 3.66. The SMILES string of the molecule is COc1ccccc1N1CC[C@H](CNc2ncnc(N)c2Cl)C1. The molecule has 23 heavy (non-hydrogen) atoms. The largest absolute Gasteiger partial charge is 0.495 e. The van der Waals surface area contributed by atoms with Crippen molar-refractivity contribution in [2.24, 2.45) is 5.92 Å². The number of nitrogens with one attached hydrogen (secondary N) is 1. The molecule has 2 heterocycles. The van der Waals surface area contributed by atoms with Gasteiger partial charge in [-0.1, -0.05) is 23.7 Å². The van der Waals surface area contributed by atoms with Crippen molar-refractivity contribution in [3.05, 3.63) is 35.6 Å². The number of anilines is 3. The number of nitrogen functional groups attached to an aromatic ring is 1. The van der Waals surface area contributed by atoms with Gasteiger partial charge >= 0.3 is 0 Å². The summed E-state index contributed by atoms with van der Waals surface area (Å²) in [5.74, 6) is 2.31. The minimum atomic E-state index is 0.297. The number of nitrogens with two attached hydrogens (primary N) is 1. The summed E-state index contributed by atoms with van der Waals surface area (Å²) in [5.41, 5.74) is 6.83. The van der Waals surface area contributed by atoms with E-state index in [0.29, 0.717) is 22.6 Å². The van der Waals surface area contributed by atoms with Crippen LogP contribution in [0, 0.1) is 5.92 Å². The smallest absolute Gasteiger partial charge is 0.150 e. The molecule has 3 N–H and O–H groups in total. The maximum atomic E-state index is 6.10. The lowest BCUT2D eigenvalue weighted by Gasteiger charge is -2.21. The van der Waals surface area contributed by atoms with Crippen LogP contribution in [0.1, 0.15) is 6.42 Å². The van der Waals surface area contributed by atoms with Gasteiger partial charge in [0.25, 0.3) is 0 Å². The first-order valence-electron chi connectivity index (χ1n) is 7.57. The number of ether oxygens (including phenoxy) is 1. The first-order chi connectivity index (χ1) is 11.2. The number of halogens is 1. The fraction of sp³-hybridized carbons (Fsp3) is 0.375. The predicted molar refractivity (Wildman–Crippen MR) is 93.3 cm³/mol. The molecular weight excluding hydrogens is 314 g/mol. The van der Waals surface area contributed by atoms with Crippen LogP contribution in [0.3, 0.4) is 0 Å². The van der Waals surface area contributed by atoms with Gasteiger partial charge in [-0.05, 0) is 24.5 Å². The first-order valence-corrected chi connectivity index (χ1v) is 7.94. The highest BCUT2D eigenvalue weighted by atomic mass is 35.5. The van der Waals surface area contributed by atoms with Crippen molar-refractivity contribution in [2.75, 3.05) is 42.7 Å². The summed E-state index contributed by atoms with van der Waals surface area (Å²) in [4.78, 5) is 10.3. The van der Waals surface area contributed by atoms with Gasteiger partial charge in [0.05, 0.1) is 12.8 Å². The third kappa shape index (κ3) is 3.42. The molecular formula is C16H20ClN5O. The Balaban J connectivity index is 1.61. The maximum absolute atomic E-state index is 6.10. The number of aromatic nitrogens is 2. The molecule has 1 aromatic carbocycles. The molecule has 2 aromatic rings. The molecule has 1 aliphatic rings. The number of para-hydroxylation sites is 2. The molecule has 0 radical (unpaired) electrons. The van der Waals surface area contributed by atoms with Gasteiger partial charge in [-0.25, -0.2) is 9.97 Å². The second-order valence-electron chi connectivity index (χ2n) is 5.57. The fourth-order valence-electron chi connectivity index (χ4n) is 2.86. The van der Waals surface area contributed by atoms with Crippen molar-refractivity contribution >= 4 is 28.9 Å². The van der Waals surface area contributed by atoms with Gasteiger partial charge in [0.1, 0.15) is 28.7 Å². The molecule has 7 heteroatoms. The van der Waals surface area contributed by atoms with E-state index in [1.54, 1.807) is 7.11 Å². The van der Waals surface area contributed by atoms with E-state index in [9.17, 15) is 0 Å². The Morgan fingerprint density at radius 2 is 2.22 bits per heavy atom. The van der Waals surface area contributed by atoms with Crippen LogP contribution in [0.4, 0.5) is 17.3 Å². The number of rotatable bonds is 5. The Hall–Kier alpha value is -2.21. The second-order valence-corrected chi connectivity index (χ2v) is 5.95. The zero-order valence-electron chi connectivity index (χ0n) is 13.0. The molecule has 122 valence electrons. The van der Waals surface area contributed by atoms with E-state index in [-0.39, 0.29) is 0 Å². The van der Waals surface area contributed by atoms with Crippen LogP contribution < -0.4 is 20.7 Å².